The minimum atomic E-state index is 1.18. The van der Waals surface area contributed by atoms with Crippen molar-refractivity contribution >= 4 is 75.1 Å². The standard InChI is InChI=1S/C42H26N2S/c1-3-14-27(15-4-1)43-36-23-11-8-19-31(36)39-30(21-13-24-37(39)43)34-26-33-29-18-7-10-22-35(29)44(28-16-5-2-6-17-28)41(33)40-32-20-9-12-25-38(32)45-42(34)40/h1-26H. The third-order valence-corrected chi connectivity index (χ3v) is 10.5. The molecule has 10 aromatic rings. The van der Waals surface area contributed by atoms with Gasteiger partial charge in [-0.2, -0.15) is 0 Å². The minimum absolute atomic E-state index is 1.18. The summed E-state index contributed by atoms with van der Waals surface area (Å²) in [5, 5.41) is 7.75. The molecule has 3 heteroatoms. The fourth-order valence-corrected chi connectivity index (χ4v) is 8.72. The van der Waals surface area contributed by atoms with Gasteiger partial charge in [-0.25, -0.2) is 0 Å². The Morgan fingerprint density at radius 2 is 0.956 bits per heavy atom. The van der Waals surface area contributed by atoms with Gasteiger partial charge in [-0.15, -0.1) is 11.3 Å². The summed E-state index contributed by atoms with van der Waals surface area (Å²) in [7, 11) is 0. The van der Waals surface area contributed by atoms with Gasteiger partial charge < -0.3 is 9.13 Å². The van der Waals surface area contributed by atoms with Crippen molar-refractivity contribution in [2.45, 2.75) is 0 Å². The predicted molar refractivity (Wildman–Crippen MR) is 193 cm³/mol. The topological polar surface area (TPSA) is 9.86 Å². The number of rotatable bonds is 3. The van der Waals surface area contributed by atoms with Crippen molar-refractivity contribution in [3.63, 3.8) is 0 Å². The molecule has 0 saturated carbocycles. The molecule has 0 spiro atoms. The van der Waals surface area contributed by atoms with Crippen LogP contribution in [0.5, 0.6) is 0 Å². The van der Waals surface area contributed by atoms with Gasteiger partial charge in [0.25, 0.3) is 0 Å². The zero-order valence-electron chi connectivity index (χ0n) is 24.3. The second-order valence-electron chi connectivity index (χ2n) is 11.7. The van der Waals surface area contributed by atoms with Crippen LogP contribution < -0.4 is 0 Å². The first-order valence-electron chi connectivity index (χ1n) is 15.4. The molecule has 45 heavy (non-hydrogen) atoms. The van der Waals surface area contributed by atoms with Gasteiger partial charge >= 0.3 is 0 Å². The average Bonchev–Trinajstić information content (AvgIpc) is 3.76. The Bertz CT molecular complexity index is 2740. The predicted octanol–water partition coefficient (Wildman–Crippen LogP) is 11.9. The van der Waals surface area contributed by atoms with Crippen LogP contribution >= 0.6 is 11.3 Å². The van der Waals surface area contributed by atoms with Gasteiger partial charge in [0.15, 0.2) is 0 Å². The van der Waals surface area contributed by atoms with Gasteiger partial charge in [0, 0.05) is 58.7 Å². The Kier molecular flexibility index (Phi) is 5.19. The lowest BCUT2D eigenvalue weighted by atomic mass is 9.95. The number of thiophene rings is 1. The maximum Gasteiger partial charge on any atom is 0.0634 e. The van der Waals surface area contributed by atoms with E-state index in [9.17, 15) is 0 Å². The molecule has 210 valence electrons. The normalized spacial score (nSPS) is 12.0. The van der Waals surface area contributed by atoms with E-state index >= 15 is 0 Å². The molecule has 0 N–H and O–H groups in total. The van der Waals surface area contributed by atoms with Crippen LogP contribution in [0.2, 0.25) is 0 Å². The first kappa shape index (κ1) is 24.8. The summed E-state index contributed by atoms with van der Waals surface area (Å²) in [6.45, 7) is 0. The Balaban J connectivity index is 1.42. The van der Waals surface area contributed by atoms with Gasteiger partial charge in [0.2, 0.25) is 0 Å². The van der Waals surface area contributed by atoms with Crippen LogP contribution in [0.1, 0.15) is 0 Å². The van der Waals surface area contributed by atoms with Crippen LogP contribution in [-0.4, -0.2) is 9.13 Å². The molecule has 2 nitrogen and oxygen atoms in total. The lowest BCUT2D eigenvalue weighted by molar-refractivity contribution is 1.18. The van der Waals surface area contributed by atoms with Crippen molar-refractivity contribution in [3.8, 4) is 22.5 Å². The van der Waals surface area contributed by atoms with Crippen LogP contribution in [0.25, 0.3) is 86.3 Å². The molecule has 0 aliphatic rings. The maximum atomic E-state index is 2.47. The van der Waals surface area contributed by atoms with Crippen molar-refractivity contribution in [1.82, 2.24) is 9.13 Å². The number of para-hydroxylation sites is 4. The summed E-state index contributed by atoms with van der Waals surface area (Å²) in [4.78, 5) is 0. The first-order valence-corrected chi connectivity index (χ1v) is 16.2. The SMILES string of the molecule is c1ccc(-n2c3ccccc3c3c(-c4cc5c6ccccc6n(-c6ccccc6)c5c5c4sc4ccccc45)cccc32)cc1. The van der Waals surface area contributed by atoms with E-state index in [0.717, 1.165) is 0 Å². The average molecular weight is 591 g/mol. The molecule has 0 atom stereocenters. The fraction of sp³-hybridized carbons (Fsp3) is 0. The van der Waals surface area contributed by atoms with Crippen LogP contribution in [-0.2, 0) is 0 Å². The summed E-state index contributed by atoms with van der Waals surface area (Å²) < 4.78 is 7.52. The molecule has 0 radical (unpaired) electrons. The number of aromatic nitrogens is 2. The Morgan fingerprint density at radius 1 is 0.378 bits per heavy atom. The molecular formula is C42H26N2S. The number of benzene rings is 7. The first-order chi connectivity index (χ1) is 22.4. The molecule has 0 fully saturated rings. The van der Waals surface area contributed by atoms with Crippen molar-refractivity contribution in [1.29, 1.82) is 0 Å². The molecule has 3 heterocycles. The number of fused-ring (bicyclic) bond motifs is 10. The van der Waals surface area contributed by atoms with Crippen molar-refractivity contribution in [2.75, 3.05) is 0 Å². The van der Waals surface area contributed by atoms with E-state index in [2.05, 4.69) is 167 Å². The number of hydrogen-bond acceptors (Lipinski definition) is 1. The summed E-state index contributed by atoms with van der Waals surface area (Å²) in [5.41, 5.74) is 9.87. The van der Waals surface area contributed by atoms with Gasteiger partial charge in [-0.1, -0.05) is 103 Å². The molecule has 0 aliphatic heterocycles. The van der Waals surface area contributed by atoms with Gasteiger partial charge in [-0.05, 0) is 60.2 Å². The highest BCUT2D eigenvalue weighted by molar-refractivity contribution is 7.26. The summed E-state index contributed by atoms with van der Waals surface area (Å²) in [6, 6.07) is 57.5. The lowest BCUT2D eigenvalue weighted by Crippen LogP contribution is -1.94. The molecule has 7 aromatic carbocycles. The molecule has 0 saturated heterocycles. The molecule has 0 bridgehead atoms. The zero-order chi connectivity index (χ0) is 29.5. The van der Waals surface area contributed by atoms with Gasteiger partial charge in [0.05, 0.1) is 22.1 Å². The highest BCUT2D eigenvalue weighted by Gasteiger charge is 2.23. The molecule has 0 unspecified atom stereocenters. The second-order valence-corrected chi connectivity index (χ2v) is 12.8. The highest BCUT2D eigenvalue weighted by Crippen LogP contribution is 2.49. The largest absolute Gasteiger partial charge is 0.309 e. The lowest BCUT2D eigenvalue weighted by Gasteiger charge is -2.12. The van der Waals surface area contributed by atoms with Crippen molar-refractivity contribution < 1.29 is 0 Å². The smallest absolute Gasteiger partial charge is 0.0634 e. The van der Waals surface area contributed by atoms with Gasteiger partial charge in [0.1, 0.15) is 0 Å². The molecule has 3 aromatic heterocycles. The monoisotopic (exact) mass is 590 g/mol. The minimum Gasteiger partial charge on any atom is -0.309 e. The van der Waals surface area contributed by atoms with Crippen LogP contribution in [0.15, 0.2) is 158 Å². The molecular weight excluding hydrogens is 565 g/mol. The maximum absolute atomic E-state index is 2.47. The van der Waals surface area contributed by atoms with Crippen molar-refractivity contribution in [3.05, 3.63) is 158 Å². The van der Waals surface area contributed by atoms with Crippen LogP contribution in [0, 0.1) is 0 Å². The molecule has 0 amide bonds. The quantitative estimate of drug-likeness (QED) is 0.194. The second kappa shape index (κ2) is 9.43. The zero-order valence-corrected chi connectivity index (χ0v) is 25.1. The third kappa shape index (κ3) is 3.44. The third-order valence-electron chi connectivity index (χ3n) is 9.30. The van der Waals surface area contributed by atoms with Crippen molar-refractivity contribution in [2.24, 2.45) is 0 Å². The van der Waals surface area contributed by atoms with E-state index in [1.54, 1.807) is 0 Å². The van der Waals surface area contributed by atoms with E-state index in [1.807, 2.05) is 11.3 Å². The molecule has 0 aliphatic carbocycles. The van der Waals surface area contributed by atoms with E-state index in [-0.39, 0.29) is 0 Å². The van der Waals surface area contributed by atoms with E-state index < -0.39 is 0 Å². The van der Waals surface area contributed by atoms with E-state index in [4.69, 9.17) is 0 Å². The highest BCUT2D eigenvalue weighted by atomic mass is 32.1. The Labute approximate surface area is 263 Å². The summed E-state index contributed by atoms with van der Waals surface area (Å²) in [5.74, 6) is 0. The van der Waals surface area contributed by atoms with E-state index in [1.165, 1.54) is 86.3 Å². The summed E-state index contributed by atoms with van der Waals surface area (Å²) in [6.07, 6.45) is 0. The molecule has 10 rings (SSSR count). The van der Waals surface area contributed by atoms with Crippen LogP contribution in [0.3, 0.4) is 0 Å². The summed E-state index contributed by atoms with van der Waals surface area (Å²) >= 11 is 1.91. The Hall–Kier alpha value is -5.64. The fourth-order valence-electron chi connectivity index (χ4n) is 7.48. The Morgan fingerprint density at radius 3 is 1.71 bits per heavy atom. The van der Waals surface area contributed by atoms with Crippen LogP contribution in [0.4, 0.5) is 0 Å². The number of nitrogens with zero attached hydrogens (tertiary/aromatic N) is 2. The van der Waals surface area contributed by atoms with E-state index in [0.29, 0.717) is 0 Å². The van der Waals surface area contributed by atoms with Gasteiger partial charge in [-0.3, -0.25) is 0 Å². The number of hydrogen-bond donors (Lipinski definition) is 0.